The zero-order chi connectivity index (χ0) is 16.4. The molecule has 1 aromatic heterocycles. The van der Waals surface area contributed by atoms with Crippen molar-refractivity contribution in [3.63, 3.8) is 0 Å². The molecule has 0 saturated carbocycles. The summed E-state index contributed by atoms with van der Waals surface area (Å²) in [5.41, 5.74) is 0.566. The Bertz CT molecular complexity index is 548. The van der Waals surface area contributed by atoms with Crippen LogP contribution in [0.25, 0.3) is 0 Å². The number of ether oxygens (including phenoxy) is 1. The molecule has 2 saturated heterocycles. The Hall–Kier alpha value is -1.02. The summed E-state index contributed by atoms with van der Waals surface area (Å²) in [6.07, 6.45) is 0.500. The fraction of sp³-hybridized carbons (Fsp3) is 0.750. The highest BCUT2D eigenvalue weighted by atomic mass is 32.1. The third kappa shape index (κ3) is 3.74. The van der Waals surface area contributed by atoms with Gasteiger partial charge in [-0.3, -0.25) is 9.69 Å². The van der Waals surface area contributed by atoms with Crippen LogP contribution in [0, 0.1) is 0 Å². The van der Waals surface area contributed by atoms with Crippen LogP contribution in [0.4, 0.5) is 0 Å². The topological polar surface area (TPSA) is 65.9 Å². The highest BCUT2D eigenvalue weighted by Crippen LogP contribution is 2.21. The first-order chi connectivity index (χ1) is 11.1. The van der Waals surface area contributed by atoms with Crippen molar-refractivity contribution in [1.29, 1.82) is 0 Å². The molecule has 0 spiro atoms. The third-order valence-corrected chi connectivity index (χ3v) is 5.69. The second-order valence-corrected chi connectivity index (χ2v) is 7.47. The van der Waals surface area contributed by atoms with Crippen molar-refractivity contribution in [3.05, 3.63) is 16.1 Å². The Kier molecular flexibility index (Phi) is 5.31. The molecule has 3 heterocycles. The highest BCUT2D eigenvalue weighted by molar-refractivity contribution is 7.09. The predicted octanol–water partition coefficient (Wildman–Crippen LogP) is 1.17. The number of aliphatic hydroxyl groups excluding tert-OH is 1. The second-order valence-electron chi connectivity index (χ2n) is 6.58. The van der Waals surface area contributed by atoms with Gasteiger partial charge < -0.3 is 14.7 Å². The molecule has 1 aromatic rings. The first-order valence-electron chi connectivity index (χ1n) is 8.31. The minimum absolute atomic E-state index is 0.0261. The number of rotatable bonds is 3. The molecule has 128 valence electrons. The van der Waals surface area contributed by atoms with Gasteiger partial charge in [-0.15, -0.1) is 11.3 Å². The number of hydrogen-bond acceptors (Lipinski definition) is 6. The van der Waals surface area contributed by atoms with Crippen molar-refractivity contribution >= 4 is 17.2 Å². The summed E-state index contributed by atoms with van der Waals surface area (Å²) in [5.74, 6) is 0.378. The Morgan fingerprint density at radius 2 is 2.17 bits per heavy atom. The van der Waals surface area contributed by atoms with Gasteiger partial charge in [-0.05, 0) is 6.42 Å². The molecule has 0 radical (unpaired) electrons. The molecule has 1 N–H and O–H groups in total. The van der Waals surface area contributed by atoms with Crippen LogP contribution in [0.2, 0.25) is 0 Å². The third-order valence-electron chi connectivity index (χ3n) is 4.54. The lowest BCUT2D eigenvalue weighted by Crippen LogP contribution is -2.45. The number of aliphatic hydroxyl groups is 1. The monoisotopic (exact) mass is 339 g/mol. The van der Waals surface area contributed by atoms with E-state index in [2.05, 4.69) is 23.7 Å². The van der Waals surface area contributed by atoms with E-state index < -0.39 is 6.10 Å². The summed E-state index contributed by atoms with van der Waals surface area (Å²) in [6.45, 7) is 8.27. The van der Waals surface area contributed by atoms with Gasteiger partial charge in [0.1, 0.15) is 5.69 Å². The van der Waals surface area contributed by atoms with Crippen molar-refractivity contribution in [2.75, 3.05) is 39.4 Å². The highest BCUT2D eigenvalue weighted by Gasteiger charge is 2.33. The van der Waals surface area contributed by atoms with E-state index in [9.17, 15) is 9.90 Å². The SMILES string of the molecule is CC(C)c1nc(C(=O)N2CCCN([C@@H]3COC[C@H]3O)CC2)cs1. The van der Waals surface area contributed by atoms with Gasteiger partial charge in [-0.25, -0.2) is 4.98 Å². The predicted molar refractivity (Wildman–Crippen MR) is 88.9 cm³/mol. The first kappa shape index (κ1) is 16.8. The lowest BCUT2D eigenvalue weighted by atomic mass is 10.2. The van der Waals surface area contributed by atoms with Gasteiger partial charge in [0.15, 0.2) is 0 Å². The normalized spacial score (nSPS) is 26.7. The summed E-state index contributed by atoms with van der Waals surface area (Å²) in [5, 5.41) is 12.9. The Balaban J connectivity index is 1.61. The van der Waals surface area contributed by atoms with Gasteiger partial charge in [-0.1, -0.05) is 13.8 Å². The number of aromatic nitrogens is 1. The Morgan fingerprint density at radius 1 is 1.35 bits per heavy atom. The van der Waals surface area contributed by atoms with E-state index in [1.165, 1.54) is 0 Å². The van der Waals surface area contributed by atoms with Crippen LogP contribution in [-0.4, -0.2) is 77.3 Å². The summed E-state index contributed by atoms with van der Waals surface area (Å²) < 4.78 is 5.35. The lowest BCUT2D eigenvalue weighted by Gasteiger charge is -2.28. The van der Waals surface area contributed by atoms with Crippen LogP contribution in [0.3, 0.4) is 0 Å². The number of amides is 1. The van der Waals surface area contributed by atoms with E-state index in [0.717, 1.165) is 31.1 Å². The van der Waals surface area contributed by atoms with E-state index in [4.69, 9.17) is 4.74 Å². The molecule has 0 aromatic carbocycles. The van der Waals surface area contributed by atoms with Crippen molar-refractivity contribution in [2.24, 2.45) is 0 Å². The molecule has 2 atom stereocenters. The molecule has 6 nitrogen and oxygen atoms in total. The van der Waals surface area contributed by atoms with Crippen LogP contribution in [0.1, 0.15) is 41.7 Å². The van der Waals surface area contributed by atoms with Crippen molar-refractivity contribution in [1.82, 2.24) is 14.8 Å². The fourth-order valence-electron chi connectivity index (χ4n) is 3.17. The molecular formula is C16H25N3O3S. The van der Waals surface area contributed by atoms with Crippen LogP contribution in [0.5, 0.6) is 0 Å². The van der Waals surface area contributed by atoms with Crippen LogP contribution >= 0.6 is 11.3 Å². The number of carbonyl (C=O) groups excluding carboxylic acids is 1. The molecule has 3 rings (SSSR count). The number of thiazole rings is 1. The first-order valence-corrected chi connectivity index (χ1v) is 9.18. The average Bonchev–Trinajstić information content (AvgIpc) is 3.11. The maximum absolute atomic E-state index is 12.7. The number of hydrogen-bond donors (Lipinski definition) is 1. The minimum Gasteiger partial charge on any atom is -0.389 e. The maximum Gasteiger partial charge on any atom is 0.273 e. The summed E-state index contributed by atoms with van der Waals surface area (Å²) >= 11 is 1.56. The maximum atomic E-state index is 12.7. The van der Waals surface area contributed by atoms with E-state index >= 15 is 0 Å². The fourth-order valence-corrected chi connectivity index (χ4v) is 3.97. The van der Waals surface area contributed by atoms with E-state index in [1.807, 2.05) is 10.3 Å². The van der Waals surface area contributed by atoms with Crippen LogP contribution < -0.4 is 0 Å². The van der Waals surface area contributed by atoms with Crippen molar-refractivity contribution in [2.45, 2.75) is 38.3 Å². The van der Waals surface area contributed by atoms with Gasteiger partial charge in [0.25, 0.3) is 5.91 Å². The van der Waals surface area contributed by atoms with Gasteiger partial charge >= 0.3 is 0 Å². The van der Waals surface area contributed by atoms with Crippen molar-refractivity contribution < 1.29 is 14.6 Å². The second kappa shape index (κ2) is 7.25. The largest absolute Gasteiger partial charge is 0.389 e. The van der Waals surface area contributed by atoms with Gasteiger partial charge in [0, 0.05) is 37.5 Å². The zero-order valence-electron chi connectivity index (χ0n) is 13.8. The molecule has 0 unspecified atom stereocenters. The molecule has 0 aliphatic carbocycles. The standard InChI is InChI=1S/C16H25N3O3S/c1-11(2)15-17-12(10-23-15)16(21)19-5-3-4-18(6-7-19)13-8-22-9-14(13)20/h10-11,13-14,20H,3-9H2,1-2H3/t13-,14-/m1/s1. The van der Waals surface area contributed by atoms with Gasteiger partial charge in [0.05, 0.1) is 30.4 Å². The van der Waals surface area contributed by atoms with E-state index in [0.29, 0.717) is 31.4 Å². The summed E-state index contributed by atoms with van der Waals surface area (Å²) in [4.78, 5) is 21.3. The summed E-state index contributed by atoms with van der Waals surface area (Å²) in [7, 11) is 0. The molecule has 7 heteroatoms. The quantitative estimate of drug-likeness (QED) is 0.896. The average molecular weight is 339 g/mol. The summed E-state index contributed by atoms with van der Waals surface area (Å²) in [6, 6.07) is 0.0665. The van der Waals surface area contributed by atoms with Crippen LogP contribution in [0.15, 0.2) is 5.38 Å². The van der Waals surface area contributed by atoms with E-state index in [-0.39, 0.29) is 11.9 Å². The van der Waals surface area contributed by atoms with E-state index in [1.54, 1.807) is 11.3 Å². The zero-order valence-corrected chi connectivity index (χ0v) is 14.6. The molecular weight excluding hydrogens is 314 g/mol. The molecule has 2 aliphatic heterocycles. The van der Waals surface area contributed by atoms with Crippen molar-refractivity contribution in [3.8, 4) is 0 Å². The van der Waals surface area contributed by atoms with Crippen LogP contribution in [-0.2, 0) is 4.74 Å². The number of nitrogens with zero attached hydrogens (tertiary/aromatic N) is 3. The smallest absolute Gasteiger partial charge is 0.273 e. The number of carbonyl (C=O) groups is 1. The van der Waals surface area contributed by atoms with Gasteiger partial charge in [-0.2, -0.15) is 0 Å². The molecule has 2 aliphatic rings. The Labute approximate surface area is 141 Å². The molecule has 23 heavy (non-hydrogen) atoms. The van der Waals surface area contributed by atoms with Gasteiger partial charge in [0.2, 0.25) is 0 Å². The molecule has 1 amide bonds. The Morgan fingerprint density at radius 3 is 2.83 bits per heavy atom. The minimum atomic E-state index is -0.413. The molecule has 2 fully saturated rings. The molecule has 0 bridgehead atoms. The lowest BCUT2D eigenvalue weighted by molar-refractivity contribution is 0.0721.